The SMILES string of the molecule is Cn1c(Cc2ccccc2F)ncc(-c2ccc(Oc3ncnc4cc5c(cc34)OC(F)(F)O5)cn2)c1=O. The number of rotatable bonds is 5. The van der Waals surface area contributed by atoms with Gasteiger partial charge in [-0.1, -0.05) is 18.2 Å². The maximum atomic E-state index is 14.0. The van der Waals surface area contributed by atoms with E-state index in [0.717, 1.165) is 0 Å². The van der Waals surface area contributed by atoms with E-state index in [1.54, 1.807) is 37.4 Å². The Hall–Kier alpha value is -5.00. The topological polar surface area (TPSA) is 101 Å². The summed E-state index contributed by atoms with van der Waals surface area (Å²) in [6.45, 7) is 0. The maximum absolute atomic E-state index is 14.0. The van der Waals surface area contributed by atoms with Crippen LogP contribution in [0, 0.1) is 5.82 Å². The Morgan fingerprint density at radius 1 is 0.974 bits per heavy atom. The molecular weight excluding hydrogens is 503 g/mol. The van der Waals surface area contributed by atoms with Gasteiger partial charge in [-0.05, 0) is 29.8 Å². The van der Waals surface area contributed by atoms with Gasteiger partial charge >= 0.3 is 6.29 Å². The highest BCUT2D eigenvalue weighted by Gasteiger charge is 2.43. The fourth-order valence-corrected chi connectivity index (χ4v) is 4.00. The summed E-state index contributed by atoms with van der Waals surface area (Å²) in [6, 6.07) is 12.1. The first-order chi connectivity index (χ1) is 18.3. The molecule has 0 N–H and O–H groups in total. The van der Waals surface area contributed by atoms with Gasteiger partial charge in [0.15, 0.2) is 11.5 Å². The summed E-state index contributed by atoms with van der Waals surface area (Å²) in [6.07, 6.45) is 0.395. The normalized spacial score (nSPS) is 13.6. The molecule has 0 saturated heterocycles. The van der Waals surface area contributed by atoms with Crippen LogP contribution in [0.2, 0.25) is 0 Å². The van der Waals surface area contributed by atoms with E-state index in [1.807, 2.05) is 0 Å². The Morgan fingerprint density at radius 3 is 2.53 bits per heavy atom. The van der Waals surface area contributed by atoms with E-state index >= 15 is 0 Å². The van der Waals surface area contributed by atoms with Crippen molar-refractivity contribution in [2.24, 2.45) is 7.05 Å². The number of benzene rings is 2. The molecule has 0 saturated carbocycles. The highest BCUT2D eigenvalue weighted by molar-refractivity contribution is 5.87. The highest BCUT2D eigenvalue weighted by atomic mass is 19.3. The number of pyridine rings is 1. The van der Waals surface area contributed by atoms with Crippen LogP contribution < -0.4 is 19.8 Å². The van der Waals surface area contributed by atoms with Crippen molar-refractivity contribution in [1.29, 1.82) is 0 Å². The monoisotopic (exact) mass is 519 g/mol. The lowest BCUT2D eigenvalue weighted by Crippen LogP contribution is -2.25. The fraction of sp³-hybridized carbons (Fsp3) is 0.115. The average Bonchev–Trinajstić information content (AvgIpc) is 3.20. The minimum Gasteiger partial charge on any atom is -0.437 e. The van der Waals surface area contributed by atoms with Crippen molar-refractivity contribution in [3.8, 4) is 34.4 Å². The summed E-state index contributed by atoms with van der Waals surface area (Å²) in [7, 11) is 1.56. The van der Waals surface area contributed by atoms with Gasteiger partial charge in [-0.25, -0.2) is 19.3 Å². The summed E-state index contributed by atoms with van der Waals surface area (Å²) in [5.74, 6) is 0.0745. The van der Waals surface area contributed by atoms with Crippen LogP contribution in [-0.2, 0) is 13.5 Å². The number of hydrogen-bond donors (Lipinski definition) is 0. The number of aromatic nitrogens is 5. The molecule has 0 aliphatic carbocycles. The number of halogens is 3. The van der Waals surface area contributed by atoms with Gasteiger partial charge in [-0.3, -0.25) is 14.3 Å². The van der Waals surface area contributed by atoms with Crippen molar-refractivity contribution in [3.05, 3.63) is 94.8 Å². The number of nitrogens with zero attached hydrogens (tertiary/aromatic N) is 5. The van der Waals surface area contributed by atoms with Crippen molar-refractivity contribution in [3.63, 3.8) is 0 Å². The Bertz CT molecular complexity index is 1760. The van der Waals surface area contributed by atoms with Crippen molar-refractivity contribution < 1.29 is 27.4 Å². The van der Waals surface area contributed by atoms with Crippen molar-refractivity contribution in [2.75, 3.05) is 0 Å². The smallest absolute Gasteiger partial charge is 0.437 e. The van der Waals surface area contributed by atoms with Crippen molar-refractivity contribution in [1.82, 2.24) is 24.5 Å². The molecule has 5 aromatic rings. The number of hydrogen-bond acceptors (Lipinski definition) is 8. The first kappa shape index (κ1) is 23.4. The molecular formula is C26H16F3N5O4. The molecule has 9 nitrogen and oxygen atoms in total. The summed E-state index contributed by atoms with van der Waals surface area (Å²) < 4.78 is 57.0. The van der Waals surface area contributed by atoms with Gasteiger partial charge in [0.2, 0.25) is 5.88 Å². The number of alkyl halides is 2. The molecule has 0 fully saturated rings. The minimum atomic E-state index is -3.77. The zero-order valence-electron chi connectivity index (χ0n) is 19.6. The molecule has 12 heteroatoms. The first-order valence-corrected chi connectivity index (χ1v) is 11.2. The molecule has 1 aliphatic heterocycles. The predicted octanol–water partition coefficient (Wildman–Crippen LogP) is 4.63. The Balaban J connectivity index is 1.26. The van der Waals surface area contributed by atoms with Crippen molar-refractivity contribution >= 4 is 10.9 Å². The molecule has 190 valence electrons. The first-order valence-electron chi connectivity index (χ1n) is 11.2. The van der Waals surface area contributed by atoms with Crippen LogP contribution in [0.4, 0.5) is 13.2 Å². The second-order valence-electron chi connectivity index (χ2n) is 8.36. The summed E-state index contributed by atoms with van der Waals surface area (Å²) >= 11 is 0. The molecule has 6 rings (SSSR count). The molecule has 0 bridgehead atoms. The second kappa shape index (κ2) is 8.83. The molecule has 2 aromatic carbocycles. The van der Waals surface area contributed by atoms with Crippen LogP contribution in [0.15, 0.2) is 72.0 Å². The number of ether oxygens (including phenoxy) is 3. The van der Waals surface area contributed by atoms with Crippen LogP contribution in [0.25, 0.3) is 22.2 Å². The van der Waals surface area contributed by atoms with Gasteiger partial charge in [-0.2, -0.15) is 0 Å². The van der Waals surface area contributed by atoms with Gasteiger partial charge in [0.25, 0.3) is 5.56 Å². The van der Waals surface area contributed by atoms with Gasteiger partial charge in [0.05, 0.1) is 28.4 Å². The van der Waals surface area contributed by atoms with E-state index in [9.17, 15) is 18.0 Å². The molecule has 4 heterocycles. The molecule has 0 amide bonds. The zero-order chi connectivity index (χ0) is 26.4. The molecule has 38 heavy (non-hydrogen) atoms. The Morgan fingerprint density at radius 2 is 1.76 bits per heavy atom. The standard InChI is InChI=1S/C26H16F3N5O4/c1-34-23(8-14-4-2-3-5-18(14)27)31-12-17(25(34)35)19-7-6-15(11-30-19)36-24-16-9-21-22(38-26(28,29)37-21)10-20(16)32-13-33-24/h2-7,9-13H,8H2,1H3. The second-order valence-corrected chi connectivity index (χ2v) is 8.36. The largest absolute Gasteiger partial charge is 0.586 e. The van der Waals surface area contributed by atoms with E-state index in [4.69, 9.17) is 4.74 Å². The molecule has 0 atom stereocenters. The van der Waals surface area contributed by atoms with Crippen LogP contribution in [-0.4, -0.2) is 30.8 Å². The lowest BCUT2D eigenvalue weighted by Gasteiger charge is -2.11. The van der Waals surface area contributed by atoms with E-state index in [0.29, 0.717) is 28.0 Å². The average molecular weight is 519 g/mol. The predicted molar refractivity (Wildman–Crippen MR) is 128 cm³/mol. The zero-order valence-corrected chi connectivity index (χ0v) is 19.6. The summed E-state index contributed by atoms with van der Waals surface area (Å²) in [5, 5.41) is 0.320. The van der Waals surface area contributed by atoms with E-state index in [2.05, 4.69) is 29.4 Å². The molecule has 0 radical (unpaired) electrons. The maximum Gasteiger partial charge on any atom is 0.586 e. The minimum absolute atomic E-state index is 0.0845. The van der Waals surface area contributed by atoms with Gasteiger partial charge in [0.1, 0.15) is 23.7 Å². The number of fused-ring (bicyclic) bond motifs is 2. The van der Waals surface area contributed by atoms with Gasteiger partial charge < -0.3 is 14.2 Å². The third kappa shape index (κ3) is 4.25. The van der Waals surface area contributed by atoms with E-state index < -0.39 is 6.29 Å². The molecule has 1 aliphatic rings. The molecule has 3 aromatic heterocycles. The van der Waals surface area contributed by atoms with Crippen LogP contribution in [0.1, 0.15) is 11.4 Å². The lowest BCUT2D eigenvalue weighted by molar-refractivity contribution is -0.286. The van der Waals surface area contributed by atoms with E-state index in [-0.39, 0.29) is 46.5 Å². The Labute approximate surface area is 212 Å². The van der Waals surface area contributed by atoms with Crippen LogP contribution in [0.5, 0.6) is 23.1 Å². The third-order valence-corrected chi connectivity index (χ3v) is 5.92. The Kier molecular flexibility index (Phi) is 5.44. The summed E-state index contributed by atoms with van der Waals surface area (Å²) in [5.41, 5.74) is 0.989. The van der Waals surface area contributed by atoms with Crippen molar-refractivity contribution in [2.45, 2.75) is 12.7 Å². The van der Waals surface area contributed by atoms with Crippen LogP contribution in [0.3, 0.4) is 0 Å². The molecule has 0 unspecified atom stereocenters. The molecule has 0 spiro atoms. The third-order valence-electron chi connectivity index (χ3n) is 5.92. The fourth-order valence-electron chi connectivity index (χ4n) is 4.00. The summed E-state index contributed by atoms with van der Waals surface area (Å²) in [4.78, 5) is 29.8. The highest BCUT2D eigenvalue weighted by Crippen LogP contribution is 2.44. The van der Waals surface area contributed by atoms with Gasteiger partial charge in [0, 0.05) is 25.7 Å². The van der Waals surface area contributed by atoms with E-state index in [1.165, 1.54) is 41.5 Å². The quantitative estimate of drug-likeness (QED) is 0.331. The lowest BCUT2D eigenvalue weighted by atomic mass is 10.1. The van der Waals surface area contributed by atoms with Crippen LogP contribution >= 0.6 is 0 Å². The van der Waals surface area contributed by atoms with Gasteiger partial charge in [-0.15, -0.1) is 8.78 Å².